The number of terminal acetylenes is 1. The molecule has 0 aliphatic carbocycles. The number of aliphatic hydroxyl groups is 1. The van der Waals surface area contributed by atoms with Crippen LogP contribution in [0.15, 0.2) is 0 Å². The third-order valence-corrected chi connectivity index (χ3v) is 3.87. The zero-order valence-electron chi connectivity index (χ0n) is 11.3. The number of hydrogen-bond donors (Lipinski definition) is 1. The number of rotatable bonds is 6. The molecule has 17 heavy (non-hydrogen) atoms. The normalized spacial score (nSPS) is 19.2. The van der Waals surface area contributed by atoms with Crippen molar-refractivity contribution in [2.75, 3.05) is 39.3 Å². The Bertz CT molecular complexity index is 247. The van der Waals surface area contributed by atoms with E-state index in [1.807, 2.05) is 0 Å². The van der Waals surface area contributed by atoms with Crippen molar-refractivity contribution >= 4 is 0 Å². The van der Waals surface area contributed by atoms with Gasteiger partial charge in [-0.2, -0.15) is 0 Å². The molecule has 0 bridgehead atoms. The van der Waals surface area contributed by atoms with Gasteiger partial charge in [0.25, 0.3) is 0 Å². The molecule has 0 aromatic carbocycles. The standard InChI is InChI=1S/C14H26N2O/c1-4-7-8-15-9-11-16(12-10-15)13-14(17,5-2)6-3/h1,17H,5-13H2,2-3H3. The molecule has 0 saturated carbocycles. The second kappa shape index (κ2) is 7.00. The third-order valence-electron chi connectivity index (χ3n) is 3.87. The molecule has 1 rings (SSSR count). The van der Waals surface area contributed by atoms with Crippen molar-refractivity contribution in [3.63, 3.8) is 0 Å². The quantitative estimate of drug-likeness (QED) is 0.704. The lowest BCUT2D eigenvalue weighted by Crippen LogP contribution is -2.51. The Morgan fingerprint density at radius 2 is 1.65 bits per heavy atom. The third kappa shape index (κ3) is 4.67. The van der Waals surface area contributed by atoms with E-state index in [4.69, 9.17) is 6.42 Å². The van der Waals surface area contributed by atoms with Crippen molar-refractivity contribution in [2.45, 2.75) is 38.7 Å². The highest BCUT2D eigenvalue weighted by Crippen LogP contribution is 2.17. The summed E-state index contributed by atoms with van der Waals surface area (Å²) in [4.78, 5) is 4.78. The lowest BCUT2D eigenvalue weighted by atomic mass is 9.96. The van der Waals surface area contributed by atoms with Crippen LogP contribution >= 0.6 is 0 Å². The molecular weight excluding hydrogens is 212 g/mol. The number of hydrogen-bond acceptors (Lipinski definition) is 3. The molecule has 0 radical (unpaired) electrons. The van der Waals surface area contributed by atoms with Gasteiger partial charge in [-0.3, -0.25) is 9.80 Å². The molecule has 1 heterocycles. The summed E-state index contributed by atoms with van der Waals surface area (Å²) in [6.07, 6.45) is 7.78. The van der Waals surface area contributed by atoms with Crippen LogP contribution in [0.4, 0.5) is 0 Å². The molecule has 1 aliphatic rings. The Balaban J connectivity index is 2.30. The van der Waals surface area contributed by atoms with E-state index in [9.17, 15) is 5.11 Å². The van der Waals surface area contributed by atoms with E-state index < -0.39 is 5.60 Å². The minimum absolute atomic E-state index is 0.499. The molecule has 1 N–H and O–H groups in total. The van der Waals surface area contributed by atoms with Crippen LogP contribution in [0, 0.1) is 12.3 Å². The van der Waals surface area contributed by atoms with Crippen LogP contribution in [0.5, 0.6) is 0 Å². The fourth-order valence-corrected chi connectivity index (χ4v) is 2.28. The molecular formula is C14H26N2O. The van der Waals surface area contributed by atoms with Crippen molar-refractivity contribution < 1.29 is 5.11 Å². The topological polar surface area (TPSA) is 26.7 Å². The summed E-state index contributed by atoms with van der Waals surface area (Å²) in [7, 11) is 0. The molecule has 0 unspecified atom stereocenters. The van der Waals surface area contributed by atoms with E-state index in [-0.39, 0.29) is 0 Å². The highest BCUT2D eigenvalue weighted by Gasteiger charge is 2.27. The minimum atomic E-state index is -0.499. The maximum atomic E-state index is 10.3. The molecule has 0 amide bonds. The van der Waals surface area contributed by atoms with Crippen LogP contribution in [0.25, 0.3) is 0 Å². The smallest absolute Gasteiger partial charge is 0.0768 e. The average Bonchev–Trinajstić information content (AvgIpc) is 2.38. The summed E-state index contributed by atoms with van der Waals surface area (Å²) >= 11 is 0. The summed E-state index contributed by atoms with van der Waals surface area (Å²) in [5.41, 5.74) is -0.499. The monoisotopic (exact) mass is 238 g/mol. The van der Waals surface area contributed by atoms with E-state index in [1.54, 1.807) is 0 Å². The summed E-state index contributed by atoms with van der Waals surface area (Å²) in [5.74, 6) is 2.69. The molecule has 0 atom stereocenters. The average molecular weight is 238 g/mol. The fraction of sp³-hybridized carbons (Fsp3) is 0.857. The van der Waals surface area contributed by atoms with Gasteiger partial charge in [0.2, 0.25) is 0 Å². The van der Waals surface area contributed by atoms with Gasteiger partial charge >= 0.3 is 0 Å². The molecule has 0 spiro atoms. The van der Waals surface area contributed by atoms with Crippen molar-refractivity contribution in [3.8, 4) is 12.3 Å². The first-order valence-corrected chi connectivity index (χ1v) is 6.74. The Labute approximate surface area is 106 Å². The van der Waals surface area contributed by atoms with Crippen LogP contribution in [0.2, 0.25) is 0 Å². The largest absolute Gasteiger partial charge is 0.389 e. The molecule has 3 heteroatoms. The first-order chi connectivity index (χ1) is 8.13. The summed E-state index contributed by atoms with van der Waals surface area (Å²) in [6, 6.07) is 0. The van der Waals surface area contributed by atoms with Gasteiger partial charge in [-0.05, 0) is 12.8 Å². The Hall–Kier alpha value is -0.560. The first-order valence-electron chi connectivity index (χ1n) is 6.74. The minimum Gasteiger partial charge on any atom is -0.389 e. The fourth-order valence-electron chi connectivity index (χ4n) is 2.28. The lowest BCUT2D eigenvalue weighted by Gasteiger charge is -2.38. The van der Waals surface area contributed by atoms with Crippen LogP contribution in [0.3, 0.4) is 0 Å². The number of β-amino-alcohol motifs (C(OH)–C–C–N with tert-alkyl or cyclic N) is 1. The Morgan fingerprint density at radius 1 is 1.12 bits per heavy atom. The van der Waals surface area contributed by atoms with Crippen LogP contribution in [0.1, 0.15) is 33.1 Å². The van der Waals surface area contributed by atoms with Crippen molar-refractivity contribution in [1.82, 2.24) is 9.80 Å². The van der Waals surface area contributed by atoms with Crippen LogP contribution in [-0.2, 0) is 0 Å². The molecule has 1 fully saturated rings. The van der Waals surface area contributed by atoms with Gasteiger partial charge in [-0.25, -0.2) is 0 Å². The van der Waals surface area contributed by atoms with Gasteiger partial charge < -0.3 is 5.11 Å². The van der Waals surface area contributed by atoms with Gasteiger partial charge in [0.15, 0.2) is 0 Å². The van der Waals surface area contributed by atoms with Gasteiger partial charge in [0, 0.05) is 45.7 Å². The predicted molar refractivity (Wildman–Crippen MR) is 71.9 cm³/mol. The maximum Gasteiger partial charge on any atom is 0.0768 e. The second-order valence-electron chi connectivity index (χ2n) is 5.00. The van der Waals surface area contributed by atoms with Crippen molar-refractivity contribution in [2.24, 2.45) is 0 Å². The van der Waals surface area contributed by atoms with E-state index >= 15 is 0 Å². The maximum absolute atomic E-state index is 10.3. The highest BCUT2D eigenvalue weighted by atomic mass is 16.3. The molecule has 3 nitrogen and oxygen atoms in total. The summed E-state index contributed by atoms with van der Waals surface area (Å²) in [5, 5.41) is 10.3. The molecule has 98 valence electrons. The van der Waals surface area contributed by atoms with Crippen LogP contribution < -0.4 is 0 Å². The Kier molecular flexibility index (Phi) is 5.97. The second-order valence-corrected chi connectivity index (χ2v) is 5.00. The van der Waals surface area contributed by atoms with Crippen LogP contribution in [-0.4, -0.2) is 59.8 Å². The zero-order valence-corrected chi connectivity index (χ0v) is 11.3. The van der Waals surface area contributed by atoms with Gasteiger partial charge in [0.05, 0.1) is 5.60 Å². The molecule has 1 saturated heterocycles. The molecule has 0 aromatic heterocycles. The predicted octanol–water partition coefficient (Wildman–Crippen LogP) is 1.18. The van der Waals surface area contributed by atoms with E-state index in [1.165, 1.54) is 0 Å². The van der Waals surface area contributed by atoms with E-state index in [2.05, 4.69) is 29.6 Å². The van der Waals surface area contributed by atoms with Crippen molar-refractivity contribution in [3.05, 3.63) is 0 Å². The zero-order chi connectivity index (χ0) is 12.7. The van der Waals surface area contributed by atoms with E-state index in [0.29, 0.717) is 0 Å². The lowest BCUT2D eigenvalue weighted by molar-refractivity contribution is -0.0153. The highest BCUT2D eigenvalue weighted by molar-refractivity contribution is 4.87. The summed E-state index contributed by atoms with van der Waals surface area (Å²) in [6.45, 7) is 10.2. The molecule has 1 aliphatic heterocycles. The Morgan fingerprint density at radius 3 is 2.12 bits per heavy atom. The van der Waals surface area contributed by atoms with Gasteiger partial charge in [-0.1, -0.05) is 13.8 Å². The SMILES string of the molecule is C#CCCN1CCN(CC(O)(CC)CC)CC1. The summed E-state index contributed by atoms with van der Waals surface area (Å²) < 4.78 is 0. The first kappa shape index (κ1) is 14.5. The molecule has 0 aromatic rings. The van der Waals surface area contributed by atoms with E-state index in [0.717, 1.165) is 58.5 Å². The van der Waals surface area contributed by atoms with Gasteiger partial charge in [0.1, 0.15) is 0 Å². The number of piperazine rings is 1. The van der Waals surface area contributed by atoms with Gasteiger partial charge in [-0.15, -0.1) is 12.3 Å². The van der Waals surface area contributed by atoms with Crippen molar-refractivity contribution in [1.29, 1.82) is 0 Å². The number of nitrogens with zero attached hydrogens (tertiary/aromatic N) is 2.